The highest BCUT2D eigenvalue weighted by Crippen LogP contribution is 2.43. The lowest BCUT2D eigenvalue weighted by molar-refractivity contribution is -0.140. The molecule has 2 unspecified atom stereocenters. The van der Waals surface area contributed by atoms with Crippen molar-refractivity contribution in [1.82, 2.24) is 4.90 Å². The Morgan fingerprint density at radius 2 is 1.91 bits per heavy atom. The second kappa shape index (κ2) is 9.26. The highest BCUT2D eigenvalue weighted by molar-refractivity contribution is 6.46. The van der Waals surface area contributed by atoms with Gasteiger partial charge < -0.3 is 19.5 Å². The molecule has 2 aliphatic heterocycles. The first kappa shape index (κ1) is 24.0. The number of rotatable bonds is 5. The standard InChI is InChI=1S/C28H33NO5/c1-17-9-6-7-11-20(17)24-23(26(31)27(32)29(24)16-19-10-8-14-34-19)25(30)21-15-18(28(2,3)4)12-13-22(21)33-5/h6-7,9,11-13,15,19,24,30H,8,10,14,16H2,1-5H3/b25-23+. The van der Waals surface area contributed by atoms with Crippen LogP contribution >= 0.6 is 0 Å². The maximum absolute atomic E-state index is 13.4. The first-order valence-electron chi connectivity index (χ1n) is 11.8. The summed E-state index contributed by atoms with van der Waals surface area (Å²) in [6.45, 7) is 9.13. The summed E-state index contributed by atoms with van der Waals surface area (Å²) in [4.78, 5) is 28.2. The van der Waals surface area contributed by atoms with E-state index in [9.17, 15) is 14.7 Å². The van der Waals surface area contributed by atoms with Crippen molar-refractivity contribution in [3.63, 3.8) is 0 Å². The summed E-state index contributed by atoms with van der Waals surface area (Å²) in [5, 5.41) is 11.6. The molecule has 2 atom stereocenters. The molecule has 0 spiro atoms. The number of ketones is 1. The molecule has 2 fully saturated rings. The van der Waals surface area contributed by atoms with Gasteiger partial charge in [-0.3, -0.25) is 9.59 Å². The molecule has 2 aromatic rings. The van der Waals surface area contributed by atoms with Gasteiger partial charge in [0.1, 0.15) is 11.5 Å². The molecule has 6 heteroatoms. The van der Waals surface area contributed by atoms with Crippen molar-refractivity contribution in [3.8, 4) is 5.75 Å². The third-order valence-electron chi connectivity index (χ3n) is 6.77. The molecule has 4 rings (SSSR count). The van der Waals surface area contributed by atoms with Crippen molar-refractivity contribution in [1.29, 1.82) is 0 Å². The third-order valence-corrected chi connectivity index (χ3v) is 6.77. The van der Waals surface area contributed by atoms with Gasteiger partial charge in [-0.25, -0.2) is 0 Å². The fourth-order valence-electron chi connectivity index (χ4n) is 4.80. The zero-order chi connectivity index (χ0) is 24.6. The monoisotopic (exact) mass is 463 g/mol. The van der Waals surface area contributed by atoms with Crippen LogP contribution in [0.2, 0.25) is 0 Å². The van der Waals surface area contributed by atoms with Gasteiger partial charge in [-0.1, -0.05) is 51.1 Å². The lowest BCUT2D eigenvalue weighted by Crippen LogP contribution is -2.36. The van der Waals surface area contributed by atoms with Gasteiger partial charge in [0.25, 0.3) is 11.7 Å². The number of carbonyl (C=O) groups is 2. The molecule has 0 radical (unpaired) electrons. The number of hydrogen-bond donors (Lipinski definition) is 1. The van der Waals surface area contributed by atoms with E-state index in [0.717, 1.165) is 29.5 Å². The normalized spacial score (nSPS) is 22.4. The minimum atomic E-state index is -0.701. The molecular weight excluding hydrogens is 430 g/mol. The van der Waals surface area contributed by atoms with Gasteiger partial charge in [-0.05, 0) is 54.0 Å². The van der Waals surface area contributed by atoms with E-state index in [0.29, 0.717) is 24.5 Å². The molecule has 0 aromatic heterocycles. The second-order valence-electron chi connectivity index (χ2n) is 10.1. The number of methoxy groups -OCH3 is 1. The Kier molecular flexibility index (Phi) is 6.54. The van der Waals surface area contributed by atoms with Crippen LogP contribution in [-0.2, 0) is 19.7 Å². The summed E-state index contributed by atoms with van der Waals surface area (Å²) in [5.41, 5.74) is 3.05. The summed E-state index contributed by atoms with van der Waals surface area (Å²) in [6, 6.07) is 12.5. The van der Waals surface area contributed by atoms with Gasteiger partial charge in [0, 0.05) is 13.2 Å². The van der Waals surface area contributed by atoms with Crippen LogP contribution in [0.5, 0.6) is 5.75 Å². The van der Waals surface area contributed by atoms with Crippen LogP contribution in [0, 0.1) is 6.92 Å². The molecule has 6 nitrogen and oxygen atoms in total. The Morgan fingerprint density at radius 3 is 2.53 bits per heavy atom. The number of amides is 1. The number of aliphatic hydroxyl groups excluding tert-OH is 1. The SMILES string of the molecule is COc1ccc(C(C)(C)C)cc1/C(O)=C1\C(=O)C(=O)N(CC2CCCO2)C1c1ccccc1C. The highest BCUT2D eigenvalue weighted by atomic mass is 16.5. The maximum atomic E-state index is 13.4. The van der Waals surface area contributed by atoms with Crippen LogP contribution in [0.1, 0.15) is 61.9 Å². The van der Waals surface area contributed by atoms with Gasteiger partial charge >= 0.3 is 0 Å². The molecule has 1 N–H and O–H groups in total. The molecule has 34 heavy (non-hydrogen) atoms. The number of hydrogen-bond acceptors (Lipinski definition) is 5. The van der Waals surface area contributed by atoms with Crippen LogP contribution in [-0.4, -0.2) is 48.1 Å². The summed E-state index contributed by atoms with van der Waals surface area (Å²) in [5.74, 6) is -1.08. The molecule has 2 saturated heterocycles. The number of nitrogens with zero attached hydrogens (tertiary/aromatic N) is 1. The molecule has 180 valence electrons. The largest absolute Gasteiger partial charge is 0.507 e. The minimum absolute atomic E-state index is 0.0849. The molecule has 0 saturated carbocycles. The Bertz CT molecular complexity index is 1140. The number of aryl methyl sites for hydroxylation is 1. The van der Waals surface area contributed by atoms with E-state index >= 15 is 0 Å². The zero-order valence-corrected chi connectivity index (χ0v) is 20.6. The highest BCUT2D eigenvalue weighted by Gasteiger charge is 2.47. The van der Waals surface area contributed by atoms with E-state index in [1.54, 1.807) is 11.0 Å². The Hall–Kier alpha value is -3.12. The van der Waals surface area contributed by atoms with Crippen molar-refractivity contribution in [3.05, 3.63) is 70.3 Å². The smallest absolute Gasteiger partial charge is 0.295 e. The number of ether oxygens (including phenoxy) is 2. The van der Waals surface area contributed by atoms with Crippen LogP contribution in [0.25, 0.3) is 5.76 Å². The van der Waals surface area contributed by atoms with Gasteiger partial charge in [-0.15, -0.1) is 0 Å². The van der Waals surface area contributed by atoms with Crippen LogP contribution in [0.4, 0.5) is 0 Å². The number of aliphatic hydroxyl groups is 1. The third kappa shape index (κ3) is 4.34. The number of carbonyl (C=O) groups excluding carboxylic acids is 2. The Balaban J connectivity index is 1.91. The van der Waals surface area contributed by atoms with Gasteiger partial charge in [0.2, 0.25) is 0 Å². The summed E-state index contributed by atoms with van der Waals surface area (Å²) >= 11 is 0. The quantitative estimate of drug-likeness (QED) is 0.388. The van der Waals surface area contributed by atoms with E-state index < -0.39 is 17.7 Å². The lowest BCUT2D eigenvalue weighted by atomic mass is 9.85. The number of likely N-dealkylation sites (tertiary alicyclic amines) is 1. The maximum Gasteiger partial charge on any atom is 0.295 e. The molecular formula is C28H33NO5. The molecule has 2 aromatic carbocycles. The van der Waals surface area contributed by atoms with Gasteiger partial charge in [-0.2, -0.15) is 0 Å². The number of Topliss-reactive ketones (excluding diaryl/α,β-unsaturated/α-hetero) is 1. The first-order chi connectivity index (χ1) is 16.1. The van der Waals surface area contributed by atoms with E-state index in [1.165, 1.54) is 7.11 Å². The van der Waals surface area contributed by atoms with E-state index in [1.807, 2.05) is 43.3 Å². The van der Waals surface area contributed by atoms with Crippen molar-refractivity contribution in [2.24, 2.45) is 0 Å². The zero-order valence-electron chi connectivity index (χ0n) is 20.6. The van der Waals surface area contributed by atoms with E-state index in [-0.39, 0.29) is 22.9 Å². The van der Waals surface area contributed by atoms with Gasteiger partial charge in [0.15, 0.2) is 0 Å². The van der Waals surface area contributed by atoms with E-state index in [2.05, 4.69) is 20.8 Å². The summed E-state index contributed by atoms with van der Waals surface area (Å²) in [7, 11) is 1.53. The average molecular weight is 464 g/mol. The fourth-order valence-corrected chi connectivity index (χ4v) is 4.80. The van der Waals surface area contributed by atoms with Crippen LogP contribution in [0.15, 0.2) is 48.0 Å². The van der Waals surface area contributed by atoms with Gasteiger partial charge in [0.05, 0.1) is 30.4 Å². The van der Waals surface area contributed by atoms with Crippen LogP contribution in [0.3, 0.4) is 0 Å². The van der Waals surface area contributed by atoms with Crippen LogP contribution < -0.4 is 4.74 Å². The topological polar surface area (TPSA) is 76.1 Å². The fraction of sp³-hybridized carbons (Fsp3) is 0.429. The van der Waals surface area contributed by atoms with Crippen molar-refractivity contribution >= 4 is 17.4 Å². The molecule has 2 aliphatic rings. The predicted octanol–water partition coefficient (Wildman–Crippen LogP) is 4.90. The summed E-state index contributed by atoms with van der Waals surface area (Å²) < 4.78 is 11.3. The molecule has 0 aliphatic carbocycles. The average Bonchev–Trinajstić information content (AvgIpc) is 3.40. The Morgan fingerprint density at radius 1 is 1.18 bits per heavy atom. The van der Waals surface area contributed by atoms with Crippen molar-refractivity contribution in [2.75, 3.05) is 20.3 Å². The predicted molar refractivity (Wildman–Crippen MR) is 131 cm³/mol. The number of benzene rings is 2. The second-order valence-corrected chi connectivity index (χ2v) is 10.1. The molecule has 1 amide bonds. The minimum Gasteiger partial charge on any atom is -0.507 e. The Labute approximate surface area is 201 Å². The van der Waals surface area contributed by atoms with Crippen molar-refractivity contribution in [2.45, 2.75) is 58.1 Å². The van der Waals surface area contributed by atoms with Crippen molar-refractivity contribution < 1.29 is 24.2 Å². The van der Waals surface area contributed by atoms with E-state index in [4.69, 9.17) is 9.47 Å². The first-order valence-corrected chi connectivity index (χ1v) is 11.8. The summed E-state index contributed by atoms with van der Waals surface area (Å²) in [6.07, 6.45) is 1.65. The molecule has 0 bridgehead atoms. The lowest BCUT2D eigenvalue weighted by Gasteiger charge is -2.28. The molecule has 2 heterocycles.